The van der Waals surface area contributed by atoms with Crippen LogP contribution < -0.4 is 16.4 Å². The quantitative estimate of drug-likeness (QED) is 0.509. The summed E-state index contributed by atoms with van der Waals surface area (Å²) in [7, 11) is -3.42. The molecule has 0 aliphatic rings. The lowest BCUT2D eigenvalue weighted by atomic mass is 10.1. The van der Waals surface area contributed by atoms with Gasteiger partial charge in [-0.2, -0.15) is 0 Å². The third-order valence-electron chi connectivity index (χ3n) is 4.31. The van der Waals surface area contributed by atoms with Crippen LogP contribution in [0.3, 0.4) is 0 Å². The first-order valence-electron chi connectivity index (χ1n) is 8.65. The van der Waals surface area contributed by atoms with Crippen LogP contribution in [-0.4, -0.2) is 48.9 Å². The number of amides is 2. The number of aliphatic hydroxyl groups excluding tert-OH is 1. The van der Waals surface area contributed by atoms with E-state index in [0.29, 0.717) is 35.7 Å². The zero-order valence-corrected chi connectivity index (χ0v) is 16.9. The van der Waals surface area contributed by atoms with Gasteiger partial charge in [0.25, 0.3) is 0 Å². The number of carbonyl (C=O) groups excluding carboxylic acids is 1. The second-order valence-corrected chi connectivity index (χ2v) is 9.38. The first-order valence-corrected chi connectivity index (χ1v) is 10.5. The van der Waals surface area contributed by atoms with E-state index < -0.39 is 14.6 Å². The number of nitrogens with one attached hydrogen (secondary N) is 2. The first-order chi connectivity index (χ1) is 13.0. The second kappa shape index (κ2) is 8.53. The Labute approximate surface area is 164 Å². The van der Waals surface area contributed by atoms with Crippen molar-refractivity contribution < 1.29 is 18.3 Å². The highest BCUT2D eigenvalue weighted by molar-refractivity contribution is 7.91. The third-order valence-corrected chi connectivity index (χ3v) is 6.37. The molecule has 9 nitrogen and oxygen atoms in total. The minimum absolute atomic E-state index is 0.00725. The molecule has 0 spiro atoms. The summed E-state index contributed by atoms with van der Waals surface area (Å²) in [5.41, 5.74) is 7.36. The number of aliphatic hydroxyl groups is 1. The minimum atomic E-state index is -3.42. The Morgan fingerprint density at radius 2 is 1.86 bits per heavy atom. The fourth-order valence-corrected chi connectivity index (χ4v) is 2.74. The van der Waals surface area contributed by atoms with E-state index in [0.717, 1.165) is 6.26 Å². The molecular weight excluding hydrogens is 382 g/mol. The standard InChI is InChI=1S/C18H25N5O4S/c1-18(2,28(3,26)27)14-11-15(19)23-16(22-14)12-5-7-13(8-6-12)21-17(25)20-9-4-10-24/h5-8,11,24H,4,9-10H2,1-3H3,(H2,19,22,23)(H2,20,21,25). The molecule has 0 saturated carbocycles. The number of benzene rings is 1. The molecule has 1 aromatic carbocycles. The predicted molar refractivity (Wildman–Crippen MR) is 108 cm³/mol. The summed E-state index contributed by atoms with van der Waals surface area (Å²) in [5.74, 6) is 0.466. The van der Waals surface area contributed by atoms with E-state index in [9.17, 15) is 13.2 Å². The number of nitrogens with zero attached hydrogens (tertiary/aromatic N) is 2. The molecule has 0 bridgehead atoms. The van der Waals surface area contributed by atoms with Crippen molar-refractivity contribution in [2.75, 3.05) is 30.5 Å². The van der Waals surface area contributed by atoms with Crippen LogP contribution in [0.5, 0.6) is 0 Å². The number of carbonyl (C=O) groups is 1. The maximum absolute atomic E-state index is 12.1. The van der Waals surface area contributed by atoms with Gasteiger partial charge in [-0.25, -0.2) is 23.2 Å². The highest BCUT2D eigenvalue weighted by atomic mass is 32.2. The molecule has 2 amide bonds. The van der Waals surface area contributed by atoms with Gasteiger partial charge >= 0.3 is 6.03 Å². The second-order valence-electron chi connectivity index (χ2n) is 6.82. The Bertz CT molecular complexity index is 943. The predicted octanol–water partition coefficient (Wildman–Crippen LogP) is 1.51. The van der Waals surface area contributed by atoms with Crippen molar-refractivity contribution >= 4 is 27.4 Å². The largest absolute Gasteiger partial charge is 0.396 e. The van der Waals surface area contributed by atoms with Gasteiger partial charge in [0, 0.05) is 36.7 Å². The molecule has 0 aliphatic heterocycles. The maximum atomic E-state index is 12.1. The molecule has 0 atom stereocenters. The van der Waals surface area contributed by atoms with Crippen molar-refractivity contribution in [3.05, 3.63) is 36.0 Å². The SMILES string of the molecule is CC(C)(c1cc(N)nc(-c2ccc(NC(=O)NCCCO)cc2)n1)S(C)(=O)=O. The summed E-state index contributed by atoms with van der Waals surface area (Å²) in [5, 5.41) is 14.0. The summed E-state index contributed by atoms with van der Waals surface area (Å²) in [6, 6.07) is 7.84. The van der Waals surface area contributed by atoms with Crippen LogP contribution in [0.15, 0.2) is 30.3 Å². The molecule has 10 heteroatoms. The van der Waals surface area contributed by atoms with Crippen LogP contribution in [0.2, 0.25) is 0 Å². The van der Waals surface area contributed by atoms with Gasteiger partial charge in [0.2, 0.25) is 0 Å². The molecule has 2 rings (SSSR count). The number of rotatable bonds is 7. The monoisotopic (exact) mass is 407 g/mol. The lowest BCUT2D eigenvalue weighted by Crippen LogP contribution is -2.30. The third kappa shape index (κ3) is 5.17. The molecule has 1 heterocycles. The number of sulfone groups is 1. The van der Waals surface area contributed by atoms with E-state index in [1.807, 2.05) is 0 Å². The lowest BCUT2D eigenvalue weighted by molar-refractivity contribution is 0.249. The Kier molecular flexibility index (Phi) is 6.57. The molecule has 0 fully saturated rings. The van der Waals surface area contributed by atoms with E-state index in [4.69, 9.17) is 10.8 Å². The summed E-state index contributed by atoms with van der Waals surface area (Å²) in [6.07, 6.45) is 1.63. The summed E-state index contributed by atoms with van der Waals surface area (Å²) in [4.78, 5) is 20.3. The van der Waals surface area contributed by atoms with E-state index in [1.54, 1.807) is 38.1 Å². The van der Waals surface area contributed by atoms with E-state index in [1.165, 1.54) is 6.07 Å². The first kappa shape index (κ1) is 21.6. The van der Waals surface area contributed by atoms with Gasteiger partial charge in [0.1, 0.15) is 10.6 Å². The Morgan fingerprint density at radius 3 is 2.43 bits per heavy atom. The van der Waals surface area contributed by atoms with Crippen LogP contribution in [-0.2, 0) is 14.6 Å². The Hall–Kier alpha value is -2.72. The lowest BCUT2D eigenvalue weighted by Gasteiger charge is -2.22. The van der Waals surface area contributed by atoms with Crippen LogP contribution in [0.1, 0.15) is 26.0 Å². The van der Waals surface area contributed by atoms with Gasteiger partial charge in [0.15, 0.2) is 15.7 Å². The number of urea groups is 1. The van der Waals surface area contributed by atoms with Gasteiger partial charge in [-0.3, -0.25) is 0 Å². The molecule has 2 aromatic rings. The normalized spacial score (nSPS) is 11.9. The number of hydrogen-bond acceptors (Lipinski definition) is 7. The van der Waals surface area contributed by atoms with Crippen LogP contribution in [0.25, 0.3) is 11.4 Å². The molecule has 0 radical (unpaired) electrons. The van der Waals surface area contributed by atoms with Crippen molar-refractivity contribution in [2.24, 2.45) is 0 Å². The molecular formula is C18H25N5O4S. The van der Waals surface area contributed by atoms with Crippen molar-refractivity contribution in [2.45, 2.75) is 25.0 Å². The van der Waals surface area contributed by atoms with Crippen molar-refractivity contribution in [1.29, 1.82) is 0 Å². The Morgan fingerprint density at radius 1 is 1.21 bits per heavy atom. The number of anilines is 2. The molecule has 0 saturated heterocycles. The highest BCUT2D eigenvalue weighted by Gasteiger charge is 2.34. The van der Waals surface area contributed by atoms with Crippen LogP contribution >= 0.6 is 0 Å². The highest BCUT2D eigenvalue weighted by Crippen LogP contribution is 2.30. The van der Waals surface area contributed by atoms with Gasteiger partial charge in [-0.15, -0.1) is 0 Å². The number of hydrogen-bond donors (Lipinski definition) is 4. The van der Waals surface area contributed by atoms with Crippen molar-refractivity contribution in [3.63, 3.8) is 0 Å². The van der Waals surface area contributed by atoms with Gasteiger partial charge in [-0.05, 0) is 44.5 Å². The number of aromatic nitrogens is 2. The molecule has 28 heavy (non-hydrogen) atoms. The van der Waals surface area contributed by atoms with Crippen LogP contribution in [0.4, 0.5) is 16.3 Å². The summed E-state index contributed by atoms with van der Waals surface area (Å²) in [6.45, 7) is 3.51. The average Bonchev–Trinajstić information content (AvgIpc) is 2.61. The topological polar surface area (TPSA) is 147 Å². The zero-order valence-electron chi connectivity index (χ0n) is 16.1. The number of nitrogen functional groups attached to an aromatic ring is 1. The van der Waals surface area contributed by atoms with Crippen LogP contribution in [0, 0.1) is 0 Å². The summed E-state index contributed by atoms with van der Waals surface area (Å²) < 4.78 is 23.0. The van der Waals surface area contributed by atoms with Gasteiger partial charge in [0.05, 0.1) is 5.69 Å². The number of nitrogens with two attached hydrogens (primary N) is 1. The fraction of sp³-hybridized carbons (Fsp3) is 0.389. The molecule has 152 valence electrons. The smallest absolute Gasteiger partial charge is 0.319 e. The molecule has 0 unspecified atom stereocenters. The zero-order chi connectivity index (χ0) is 20.9. The van der Waals surface area contributed by atoms with Gasteiger partial charge < -0.3 is 21.5 Å². The minimum Gasteiger partial charge on any atom is -0.396 e. The van der Waals surface area contributed by atoms with Crippen molar-refractivity contribution in [1.82, 2.24) is 15.3 Å². The van der Waals surface area contributed by atoms with Crippen molar-refractivity contribution in [3.8, 4) is 11.4 Å². The maximum Gasteiger partial charge on any atom is 0.319 e. The molecule has 1 aromatic heterocycles. The fourth-order valence-electron chi connectivity index (χ4n) is 2.25. The summed E-state index contributed by atoms with van der Waals surface area (Å²) >= 11 is 0. The van der Waals surface area contributed by atoms with Gasteiger partial charge in [-0.1, -0.05) is 0 Å². The average molecular weight is 407 g/mol. The molecule has 5 N–H and O–H groups in total. The van der Waals surface area contributed by atoms with E-state index in [2.05, 4.69) is 20.6 Å². The molecule has 0 aliphatic carbocycles. The Balaban J connectivity index is 2.23. The van der Waals surface area contributed by atoms with E-state index in [-0.39, 0.29) is 18.5 Å². The van der Waals surface area contributed by atoms with E-state index >= 15 is 0 Å².